The van der Waals surface area contributed by atoms with Gasteiger partial charge in [0.2, 0.25) is 6.29 Å². The largest absolute Gasteiger partial charge is 0.459 e. The van der Waals surface area contributed by atoms with Gasteiger partial charge in [-0.25, -0.2) is 4.68 Å². The molecule has 2 aliphatic carbocycles. The van der Waals surface area contributed by atoms with Crippen molar-refractivity contribution in [2.75, 3.05) is 26.4 Å². The van der Waals surface area contributed by atoms with Crippen molar-refractivity contribution < 1.29 is 24.1 Å². The van der Waals surface area contributed by atoms with Gasteiger partial charge in [-0.3, -0.25) is 14.3 Å². The summed E-state index contributed by atoms with van der Waals surface area (Å²) >= 11 is 0. The molecular formula is C28H37N3O6. The third-order valence-corrected chi connectivity index (χ3v) is 8.07. The lowest BCUT2D eigenvalue weighted by atomic mass is 9.92. The number of allylic oxidation sites excluding steroid dienone is 1. The Kier molecular flexibility index (Phi) is 7.83. The molecule has 37 heavy (non-hydrogen) atoms. The van der Waals surface area contributed by atoms with Crippen LogP contribution in [-0.4, -0.2) is 59.1 Å². The van der Waals surface area contributed by atoms with Gasteiger partial charge in [0.1, 0.15) is 0 Å². The Morgan fingerprint density at radius 1 is 1.14 bits per heavy atom. The maximum absolute atomic E-state index is 13.7. The number of aromatic nitrogens is 2. The number of carbonyl (C=O) groups is 1. The van der Waals surface area contributed by atoms with Gasteiger partial charge in [0, 0.05) is 36.7 Å². The summed E-state index contributed by atoms with van der Waals surface area (Å²) in [7, 11) is 1.87. The molecule has 2 fully saturated rings. The second kappa shape index (κ2) is 11.2. The van der Waals surface area contributed by atoms with Gasteiger partial charge in [-0.1, -0.05) is 24.6 Å². The summed E-state index contributed by atoms with van der Waals surface area (Å²) in [6.45, 7) is 2.65. The van der Waals surface area contributed by atoms with Gasteiger partial charge in [-0.15, -0.1) is 0 Å². The summed E-state index contributed by atoms with van der Waals surface area (Å²) in [5.41, 5.74) is 2.12. The Morgan fingerprint density at radius 2 is 1.95 bits per heavy atom. The Bertz CT molecular complexity index is 1190. The van der Waals surface area contributed by atoms with E-state index >= 15 is 0 Å². The molecule has 1 aromatic carbocycles. The number of nitrogens with zero attached hydrogens (tertiary/aromatic N) is 2. The van der Waals surface area contributed by atoms with Gasteiger partial charge < -0.3 is 24.6 Å². The fourth-order valence-electron chi connectivity index (χ4n) is 6.20. The Morgan fingerprint density at radius 3 is 2.65 bits per heavy atom. The maximum Gasteiger partial charge on any atom is 0.286 e. The summed E-state index contributed by atoms with van der Waals surface area (Å²) in [6, 6.07) is 9.70. The minimum Gasteiger partial charge on any atom is -0.459 e. The summed E-state index contributed by atoms with van der Waals surface area (Å²) in [6.07, 6.45) is 6.12. The molecule has 2 bridgehead atoms. The fourth-order valence-corrected chi connectivity index (χ4v) is 6.20. The van der Waals surface area contributed by atoms with Crippen LogP contribution in [0.3, 0.4) is 0 Å². The minimum atomic E-state index is -0.697. The summed E-state index contributed by atoms with van der Waals surface area (Å²) in [5, 5.41) is 12.1. The molecule has 1 aliphatic heterocycles. The van der Waals surface area contributed by atoms with E-state index in [4.69, 9.17) is 19.3 Å². The molecular weight excluding hydrogens is 474 g/mol. The number of rotatable bonds is 10. The van der Waals surface area contributed by atoms with Crippen LogP contribution < -0.4 is 10.9 Å². The van der Waals surface area contributed by atoms with Crippen LogP contribution in [0.25, 0.3) is 5.69 Å². The van der Waals surface area contributed by atoms with Crippen LogP contribution in [0.5, 0.6) is 0 Å². The zero-order chi connectivity index (χ0) is 25.9. The fraction of sp³-hybridized carbons (Fsp3) is 0.571. The molecule has 9 nitrogen and oxygen atoms in total. The number of aliphatic hydroxyl groups excluding tert-OH is 1. The molecule has 5 atom stereocenters. The molecule has 200 valence electrons. The monoisotopic (exact) mass is 511 g/mol. The number of amides is 1. The molecule has 9 heteroatoms. The number of aliphatic hydroxyl groups is 1. The van der Waals surface area contributed by atoms with Crippen LogP contribution in [0.2, 0.25) is 0 Å². The summed E-state index contributed by atoms with van der Waals surface area (Å²) in [4.78, 5) is 27.0. The molecule has 2 heterocycles. The summed E-state index contributed by atoms with van der Waals surface area (Å²) in [5.74, 6) is 0.863. The summed E-state index contributed by atoms with van der Waals surface area (Å²) < 4.78 is 20.7. The number of benzene rings is 1. The highest BCUT2D eigenvalue weighted by molar-refractivity contribution is 5.92. The first-order valence-electron chi connectivity index (χ1n) is 13.3. The Hall–Kier alpha value is -2.88. The topological polar surface area (TPSA) is 104 Å². The van der Waals surface area contributed by atoms with Gasteiger partial charge >= 0.3 is 0 Å². The van der Waals surface area contributed by atoms with Crippen LogP contribution in [-0.2, 0) is 26.1 Å². The van der Waals surface area contributed by atoms with Gasteiger partial charge in [0.15, 0.2) is 5.76 Å². The van der Waals surface area contributed by atoms with E-state index in [0.717, 1.165) is 17.8 Å². The lowest BCUT2D eigenvalue weighted by Gasteiger charge is -2.30. The van der Waals surface area contributed by atoms with Crippen LogP contribution in [0, 0.1) is 18.8 Å². The van der Waals surface area contributed by atoms with E-state index in [1.54, 1.807) is 10.8 Å². The van der Waals surface area contributed by atoms with Crippen molar-refractivity contribution in [1.82, 2.24) is 14.7 Å². The van der Waals surface area contributed by atoms with Crippen molar-refractivity contribution in [2.24, 2.45) is 18.9 Å². The number of carbonyl (C=O) groups excluding carboxylic acids is 1. The van der Waals surface area contributed by atoms with Crippen LogP contribution >= 0.6 is 0 Å². The molecule has 5 rings (SSSR count). The van der Waals surface area contributed by atoms with E-state index in [1.807, 2.05) is 49.0 Å². The molecule has 1 aromatic heterocycles. The second-order valence-corrected chi connectivity index (χ2v) is 10.4. The standard InChI is InChI=1S/C28H37N3O6/c1-18-26(28(34)31(30(18)2)22-6-4-3-5-7-22)21-16-24(37-25(17-21)36-13-12-35-11-10-32)27(33)29-23-15-19-8-9-20(23)14-19/h3-7,16,19-21,23,25,32H,8-15,17H2,1-2H3,(H,29,33). The van der Waals surface area contributed by atoms with E-state index in [0.29, 0.717) is 30.4 Å². The Balaban J connectivity index is 1.40. The number of hydrogen-bond acceptors (Lipinski definition) is 6. The van der Waals surface area contributed by atoms with E-state index in [9.17, 15) is 9.59 Å². The van der Waals surface area contributed by atoms with E-state index in [1.165, 1.54) is 19.3 Å². The second-order valence-electron chi connectivity index (χ2n) is 10.4. The average molecular weight is 512 g/mol. The smallest absolute Gasteiger partial charge is 0.286 e. The molecule has 2 saturated carbocycles. The van der Waals surface area contributed by atoms with Crippen LogP contribution in [0.15, 0.2) is 47.0 Å². The number of nitrogens with one attached hydrogen (secondary N) is 1. The highest BCUT2D eigenvalue weighted by Crippen LogP contribution is 2.44. The number of para-hydroxylation sites is 1. The third kappa shape index (κ3) is 5.39. The van der Waals surface area contributed by atoms with Crippen molar-refractivity contribution >= 4 is 5.91 Å². The normalized spacial score (nSPS) is 26.7. The highest BCUT2D eigenvalue weighted by atomic mass is 16.7. The van der Waals surface area contributed by atoms with Crippen LogP contribution in [0.4, 0.5) is 0 Å². The first-order chi connectivity index (χ1) is 18.0. The third-order valence-electron chi connectivity index (χ3n) is 8.07. The molecule has 2 N–H and O–H groups in total. The van der Waals surface area contributed by atoms with E-state index in [2.05, 4.69) is 5.32 Å². The molecule has 5 unspecified atom stereocenters. The van der Waals surface area contributed by atoms with Crippen LogP contribution in [0.1, 0.15) is 49.3 Å². The predicted octanol–water partition coefficient (Wildman–Crippen LogP) is 2.53. The number of ether oxygens (including phenoxy) is 3. The average Bonchev–Trinajstić information content (AvgIpc) is 3.58. The van der Waals surface area contributed by atoms with Crippen molar-refractivity contribution in [3.63, 3.8) is 0 Å². The van der Waals surface area contributed by atoms with Crippen molar-refractivity contribution in [1.29, 1.82) is 0 Å². The first kappa shape index (κ1) is 25.8. The lowest BCUT2D eigenvalue weighted by molar-refractivity contribution is -0.151. The van der Waals surface area contributed by atoms with Gasteiger partial charge in [0.25, 0.3) is 11.5 Å². The van der Waals surface area contributed by atoms with Crippen molar-refractivity contribution in [3.8, 4) is 5.69 Å². The van der Waals surface area contributed by atoms with E-state index < -0.39 is 6.29 Å². The SMILES string of the molecule is Cc1c(C2C=C(C(=O)NC3CC4CCC3C4)OC(OCCOCCO)C2)c(=O)n(-c2ccccc2)n1C. The highest BCUT2D eigenvalue weighted by Gasteiger charge is 2.41. The zero-order valence-corrected chi connectivity index (χ0v) is 21.6. The molecule has 0 radical (unpaired) electrons. The minimum absolute atomic E-state index is 0.0565. The number of fused-ring (bicyclic) bond motifs is 2. The zero-order valence-electron chi connectivity index (χ0n) is 21.6. The van der Waals surface area contributed by atoms with Crippen molar-refractivity contribution in [2.45, 2.75) is 57.3 Å². The van der Waals surface area contributed by atoms with Gasteiger partial charge in [0.05, 0.1) is 32.1 Å². The molecule has 1 amide bonds. The first-order valence-corrected chi connectivity index (χ1v) is 13.3. The van der Waals surface area contributed by atoms with Gasteiger partial charge in [-0.2, -0.15) is 0 Å². The molecule has 0 spiro atoms. The molecule has 2 aromatic rings. The van der Waals surface area contributed by atoms with E-state index in [-0.39, 0.29) is 49.0 Å². The number of hydrogen-bond donors (Lipinski definition) is 2. The Labute approximate surface area is 217 Å². The van der Waals surface area contributed by atoms with Crippen molar-refractivity contribution in [3.05, 3.63) is 63.8 Å². The predicted molar refractivity (Wildman–Crippen MR) is 137 cm³/mol. The lowest BCUT2D eigenvalue weighted by Crippen LogP contribution is -2.41. The molecule has 0 saturated heterocycles. The maximum atomic E-state index is 13.7. The quantitative estimate of drug-likeness (QED) is 0.475. The van der Waals surface area contributed by atoms with Gasteiger partial charge in [-0.05, 0) is 56.2 Å². The molecule has 3 aliphatic rings.